The number of rotatable bonds is 6. The number of pyridine rings is 1. The first-order valence-electron chi connectivity index (χ1n) is 7.84. The molecule has 0 fully saturated rings. The van der Waals surface area contributed by atoms with E-state index < -0.39 is 16.4 Å². The summed E-state index contributed by atoms with van der Waals surface area (Å²) in [6.07, 6.45) is 1.43. The van der Waals surface area contributed by atoms with Crippen LogP contribution in [0, 0.1) is 15.9 Å². The second-order valence-electron chi connectivity index (χ2n) is 5.51. The highest BCUT2D eigenvalue weighted by Crippen LogP contribution is 2.33. The van der Waals surface area contributed by atoms with E-state index in [0.717, 1.165) is 12.1 Å². The van der Waals surface area contributed by atoms with E-state index in [1.54, 1.807) is 30.3 Å². The van der Waals surface area contributed by atoms with Crippen LogP contribution in [0.1, 0.15) is 15.9 Å². The van der Waals surface area contributed by atoms with Crippen LogP contribution in [0.2, 0.25) is 0 Å². The van der Waals surface area contributed by atoms with Crippen molar-refractivity contribution in [1.82, 2.24) is 4.98 Å². The van der Waals surface area contributed by atoms with Gasteiger partial charge in [0.2, 0.25) is 5.82 Å². The Balaban J connectivity index is 1.94. The van der Waals surface area contributed by atoms with Gasteiger partial charge in [0.15, 0.2) is 5.78 Å². The number of halogens is 1. The number of hydrogen-bond donors (Lipinski definition) is 1. The molecule has 0 spiro atoms. The standard InChI is InChI=1S/C19H14FN3O4/c1-27-17-10-14(20)16(23(25)26)11-15(17)22-18-9-13(7-8-21-18)19(24)12-5-3-2-4-6-12/h2-11H,1H3,(H,21,22). The lowest BCUT2D eigenvalue weighted by atomic mass is 10.0. The summed E-state index contributed by atoms with van der Waals surface area (Å²) in [4.78, 5) is 26.8. The average Bonchev–Trinajstić information content (AvgIpc) is 2.69. The van der Waals surface area contributed by atoms with Crippen LogP contribution >= 0.6 is 0 Å². The number of nitrogens with one attached hydrogen (secondary N) is 1. The summed E-state index contributed by atoms with van der Waals surface area (Å²) in [6, 6.07) is 13.7. The first kappa shape index (κ1) is 18.0. The summed E-state index contributed by atoms with van der Waals surface area (Å²) < 4.78 is 18.8. The highest BCUT2D eigenvalue weighted by atomic mass is 19.1. The number of ether oxygens (including phenoxy) is 1. The van der Waals surface area contributed by atoms with Crippen molar-refractivity contribution in [3.63, 3.8) is 0 Å². The monoisotopic (exact) mass is 367 g/mol. The van der Waals surface area contributed by atoms with Crippen molar-refractivity contribution in [2.75, 3.05) is 12.4 Å². The first-order chi connectivity index (χ1) is 13.0. The highest BCUT2D eigenvalue weighted by Gasteiger charge is 2.19. The molecule has 7 nitrogen and oxygen atoms in total. The summed E-state index contributed by atoms with van der Waals surface area (Å²) in [5.41, 5.74) is 0.358. The van der Waals surface area contributed by atoms with Gasteiger partial charge in [-0.15, -0.1) is 0 Å². The van der Waals surface area contributed by atoms with E-state index in [-0.39, 0.29) is 23.0 Å². The smallest absolute Gasteiger partial charge is 0.307 e. The molecule has 0 aliphatic heterocycles. The van der Waals surface area contributed by atoms with Gasteiger partial charge in [-0.25, -0.2) is 4.98 Å². The van der Waals surface area contributed by atoms with Gasteiger partial charge in [-0.1, -0.05) is 30.3 Å². The number of methoxy groups -OCH3 is 1. The van der Waals surface area contributed by atoms with E-state index in [2.05, 4.69) is 10.3 Å². The molecule has 0 unspecified atom stereocenters. The number of benzene rings is 2. The second-order valence-corrected chi connectivity index (χ2v) is 5.51. The normalized spacial score (nSPS) is 10.3. The Hall–Kier alpha value is -3.81. The summed E-state index contributed by atoms with van der Waals surface area (Å²) in [5.74, 6) is -0.878. The number of nitro groups is 1. The lowest BCUT2D eigenvalue weighted by Crippen LogP contribution is -2.04. The minimum absolute atomic E-state index is 0.0692. The van der Waals surface area contributed by atoms with E-state index in [1.807, 2.05) is 6.07 Å². The highest BCUT2D eigenvalue weighted by molar-refractivity contribution is 6.09. The minimum atomic E-state index is -1.01. The summed E-state index contributed by atoms with van der Waals surface area (Å²) in [7, 11) is 1.31. The molecular weight excluding hydrogens is 353 g/mol. The third-order valence-corrected chi connectivity index (χ3v) is 3.79. The van der Waals surface area contributed by atoms with Crippen molar-refractivity contribution >= 4 is 23.0 Å². The summed E-state index contributed by atoms with van der Waals surface area (Å²) in [6.45, 7) is 0. The molecule has 27 heavy (non-hydrogen) atoms. The number of nitro benzene ring substituents is 1. The SMILES string of the molecule is COc1cc(F)c([N+](=O)[O-])cc1Nc1cc(C(=O)c2ccccc2)ccn1. The number of hydrogen-bond acceptors (Lipinski definition) is 6. The average molecular weight is 367 g/mol. The van der Waals surface area contributed by atoms with Gasteiger partial charge in [0, 0.05) is 29.5 Å². The second kappa shape index (κ2) is 7.61. The first-order valence-corrected chi connectivity index (χ1v) is 7.84. The van der Waals surface area contributed by atoms with Crippen LogP contribution in [-0.2, 0) is 0 Å². The quantitative estimate of drug-likeness (QED) is 0.400. The maximum absolute atomic E-state index is 13.8. The predicted octanol–water partition coefficient (Wildman–Crippen LogP) is 4.11. The number of carbonyl (C=O) groups excluding carboxylic acids is 1. The van der Waals surface area contributed by atoms with E-state index in [9.17, 15) is 19.3 Å². The van der Waals surface area contributed by atoms with Crippen molar-refractivity contribution in [2.24, 2.45) is 0 Å². The molecule has 0 aliphatic carbocycles. The number of ketones is 1. The molecule has 0 aliphatic rings. The zero-order chi connectivity index (χ0) is 19.4. The van der Waals surface area contributed by atoms with Crippen molar-refractivity contribution < 1.29 is 18.8 Å². The van der Waals surface area contributed by atoms with Crippen molar-refractivity contribution in [3.8, 4) is 5.75 Å². The van der Waals surface area contributed by atoms with Gasteiger partial charge >= 0.3 is 5.69 Å². The maximum Gasteiger partial charge on any atom is 0.307 e. The molecule has 3 rings (SSSR count). The van der Waals surface area contributed by atoms with Crippen LogP contribution in [0.15, 0.2) is 60.8 Å². The Morgan fingerprint density at radius 1 is 1.15 bits per heavy atom. The van der Waals surface area contributed by atoms with Crippen LogP contribution in [0.4, 0.5) is 21.6 Å². The van der Waals surface area contributed by atoms with Gasteiger partial charge < -0.3 is 10.1 Å². The molecule has 136 valence electrons. The number of anilines is 2. The van der Waals surface area contributed by atoms with Crippen molar-refractivity contribution in [2.45, 2.75) is 0 Å². The molecule has 0 radical (unpaired) electrons. The number of aromatic nitrogens is 1. The molecule has 0 saturated carbocycles. The summed E-state index contributed by atoms with van der Waals surface area (Å²) >= 11 is 0. The third kappa shape index (κ3) is 3.90. The zero-order valence-electron chi connectivity index (χ0n) is 14.2. The molecule has 0 amide bonds. The van der Waals surface area contributed by atoms with Crippen LogP contribution in [0.3, 0.4) is 0 Å². The van der Waals surface area contributed by atoms with Crippen LogP contribution in [0.5, 0.6) is 5.75 Å². The molecule has 1 heterocycles. The van der Waals surface area contributed by atoms with Crippen LogP contribution < -0.4 is 10.1 Å². The Morgan fingerprint density at radius 2 is 1.89 bits per heavy atom. The lowest BCUT2D eigenvalue weighted by molar-refractivity contribution is -0.387. The van der Waals surface area contributed by atoms with Crippen LogP contribution in [-0.4, -0.2) is 22.8 Å². The molecule has 1 N–H and O–H groups in total. The fraction of sp³-hybridized carbons (Fsp3) is 0.0526. The topological polar surface area (TPSA) is 94.4 Å². The number of carbonyl (C=O) groups is 1. The number of nitrogens with zero attached hydrogens (tertiary/aromatic N) is 2. The molecular formula is C19H14FN3O4. The Kier molecular flexibility index (Phi) is 5.07. The minimum Gasteiger partial charge on any atom is -0.494 e. The molecule has 0 bridgehead atoms. The van der Waals surface area contributed by atoms with Crippen LogP contribution in [0.25, 0.3) is 0 Å². The summed E-state index contributed by atoms with van der Waals surface area (Å²) in [5, 5.41) is 13.8. The zero-order valence-corrected chi connectivity index (χ0v) is 14.2. The largest absolute Gasteiger partial charge is 0.494 e. The molecule has 3 aromatic rings. The van der Waals surface area contributed by atoms with Gasteiger partial charge in [0.1, 0.15) is 11.6 Å². The van der Waals surface area contributed by atoms with E-state index in [1.165, 1.54) is 19.4 Å². The Morgan fingerprint density at radius 3 is 2.56 bits per heavy atom. The fourth-order valence-electron chi connectivity index (χ4n) is 2.48. The van der Waals surface area contributed by atoms with Gasteiger partial charge in [-0.3, -0.25) is 14.9 Å². The lowest BCUT2D eigenvalue weighted by Gasteiger charge is -2.11. The maximum atomic E-state index is 13.8. The van der Waals surface area contributed by atoms with E-state index in [0.29, 0.717) is 11.1 Å². The Bertz CT molecular complexity index is 1010. The molecule has 8 heteroatoms. The fourth-order valence-corrected chi connectivity index (χ4v) is 2.48. The predicted molar refractivity (Wildman–Crippen MR) is 97.0 cm³/mol. The van der Waals surface area contributed by atoms with E-state index >= 15 is 0 Å². The Labute approximate surface area is 153 Å². The van der Waals surface area contributed by atoms with E-state index in [4.69, 9.17) is 4.74 Å². The van der Waals surface area contributed by atoms with Gasteiger partial charge in [0.05, 0.1) is 17.7 Å². The molecule has 2 aromatic carbocycles. The molecule has 1 aromatic heterocycles. The van der Waals surface area contributed by atoms with Crippen molar-refractivity contribution in [3.05, 3.63) is 87.9 Å². The third-order valence-electron chi connectivity index (χ3n) is 3.79. The van der Waals surface area contributed by atoms with Gasteiger partial charge in [-0.05, 0) is 12.1 Å². The van der Waals surface area contributed by atoms with Gasteiger partial charge in [0.25, 0.3) is 0 Å². The van der Waals surface area contributed by atoms with Gasteiger partial charge in [-0.2, -0.15) is 4.39 Å². The molecule has 0 saturated heterocycles. The van der Waals surface area contributed by atoms with Crippen molar-refractivity contribution in [1.29, 1.82) is 0 Å². The molecule has 0 atom stereocenters.